The van der Waals surface area contributed by atoms with Crippen molar-refractivity contribution in [3.63, 3.8) is 0 Å². The van der Waals surface area contributed by atoms with E-state index in [0.717, 1.165) is 10.0 Å². The van der Waals surface area contributed by atoms with Crippen molar-refractivity contribution in [3.8, 4) is 0 Å². The standard InChI is InChI=1S/C11H10BrN3O2S/c12-8-1-2-9(16)15(6-8)5-7-3-4-18-10(7)11(17)14-13/h1-4,6H,5,13H2,(H,14,17). The predicted molar refractivity (Wildman–Crippen MR) is 73.5 cm³/mol. The molecule has 3 N–H and O–H groups in total. The molecule has 0 aliphatic heterocycles. The molecule has 2 rings (SSSR count). The minimum absolute atomic E-state index is 0.122. The van der Waals surface area contributed by atoms with E-state index in [9.17, 15) is 9.59 Å². The molecular formula is C11H10BrN3O2S. The van der Waals surface area contributed by atoms with E-state index in [4.69, 9.17) is 5.84 Å². The van der Waals surface area contributed by atoms with E-state index in [1.807, 2.05) is 6.07 Å². The van der Waals surface area contributed by atoms with Crippen LogP contribution < -0.4 is 16.8 Å². The van der Waals surface area contributed by atoms with Gasteiger partial charge >= 0.3 is 0 Å². The predicted octanol–water partition coefficient (Wildman–Crippen LogP) is 1.32. The van der Waals surface area contributed by atoms with Crippen LogP contribution in [0.5, 0.6) is 0 Å². The SMILES string of the molecule is NNC(=O)c1sccc1Cn1cc(Br)ccc1=O. The fourth-order valence-electron chi connectivity index (χ4n) is 1.53. The zero-order valence-corrected chi connectivity index (χ0v) is 11.6. The molecule has 0 saturated carbocycles. The van der Waals surface area contributed by atoms with Gasteiger partial charge in [0.25, 0.3) is 11.5 Å². The van der Waals surface area contributed by atoms with Crippen LogP contribution in [0.1, 0.15) is 15.2 Å². The van der Waals surface area contributed by atoms with E-state index in [2.05, 4.69) is 21.4 Å². The molecule has 2 aromatic heterocycles. The fraction of sp³-hybridized carbons (Fsp3) is 0.0909. The summed E-state index contributed by atoms with van der Waals surface area (Å²) in [5, 5.41) is 1.79. The molecule has 0 atom stereocenters. The molecule has 0 radical (unpaired) electrons. The van der Waals surface area contributed by atoms with Crippen LogP contribution in [0, 0.1) is 0 Å². The number of carbonyl (C=O) groups is 1. The van der Waals surface area contributed by atoms with Gasteiger partial charge in [-0.05, 0) is 39.0 Å². The molecule has 2 heterocycles. The molecule has 0 aliphatic carbocycles. The highest BCUT2D eigenvalue weighted by molar-refractivity contribution is 9.10. The highest BCUT2D eigenvalue weighted by atomic mass is 79.9. The Labute approximate surface area is 115 Å². The maximum absolute atomic E-state index is 11.7. The van der Waals surface area contributed by atoms with Gasteiger partial charge < -0.3 is 4.57 Å². The average Bonchev–Trinajstić information content (AvgIpc) is 2.81. The molecule has 0 aliphatic rings. The van der Waals surface area contributed by atoms with Gasteiger partial charge in [0.05, 0.1) is 11.4 Å². The van der Waals surface area contributed by atoms with Crippen molar-refractivity contribution in [3.05, 3.63) is 55.0 Å². The van der Waals surface area contributed by atoms with E-state index in [-0.39, 0.29) is 11.5 Å². The first-order valence-corrected chi connectivity index (χ1v) is 6.72. The number of hydrogen-bond acceptors (Lipinski definition) is 4. The molecule has 2 aromatic rings. The van der Waals surface area contributed by atoms with E-state index < -0.39 is 0 Å². The van der Waals surface area contributed by atoms with Gasteiger partial charge in [0.15, 0.2) is 0 Å². The quantitative estimate of drug-likeness (QED) is 0.507. The van der Waals surface area contributed by atoms with Crippen molar-refractivity contribution in [2.45, 2.75) is 6.54 Å². The second-order valence-electron chi connectivity index (χ2n) is 3.56. The molecule has 1 amide bonds. The number of nitrogens with one attached hydrogen (secondary N) is 1. The third-order valence-electron chi connectivity index (χ3n) is 2.37. The number of nitrogen functional groups attached to an aromatic ring is 1. The van der Waals surface area contributed by atoms with Gasteiger partial charge in [-0.25, -0.2) is 5.84 Å². The Morgan fingerprint density at radius 2 is 2.22 bits per heavy atom. The summed E-state index contributed by atoms with van der Waals surface area (Å²) in [6.45, 7) is 0.338. The van der Waals surface area contributed by atoms with Gasteiger partial charge in [0.2, 0.25) is 0 Å². The van der Waals surface area contributed by atoms with Gasteiger partial charge in [-0.1, -0.05) is 0 Å². The minimum Gasteiger partial charge on any atom is -0.310 e. The molecule has 5 nitrogen and oxygen atoms in total. The van der Waals surface area contributed by atoms with E-state index in [0.29, 0.717) is 11.4 Å². The van der Waals surface area contributed by atoms with Crippen LogP contribution in [0.15, 0.2) is 39.0 Å². The molecule has 0 saturated heterocycles. The molecule has 7 heteroatoms. The number of thiophene rings is 1. The Balaban J connectivity index is 2.35. The highest BCUT2D eigenvalue weighted by Gasteiger charge is 2.12. The summed E-state index contributed by atoms with van der Waals surface area (Å²) in [6.07, 6.45) is 1.68. The second kappa shape index (κ2) is 5.47. The Morgan fingerprint density at radius 1 is 1.44 bits per heavy atom. The second-order valence-corrected chi connectivity index (χ2v) is 5.39. The molecule has 0 bridgehead atoms. The summed E-state index contributed by atoms with van der Waals surface area (Å²) in [4.78, 5) is 23.7. The Hall–Kier alpha value is -1.44. The fourth-order valence-corrected chi connectivity index (χ4v) is 2.73. The van der Waals surface area contributed by atoms with Crippen LogP contribution in [0.25, 0.3) is 0 Å². The van der Waals surface area contributed by atoms with E-state index in [1.54, 1.807) is 17.6 Å². The molecule has 94 valence electrons. The summed E-state index contributed by atoms with van der Waals surface area (Å²) in [6, 6.07) is 4.96. The van der Waals surface area contributed by atoms with Crippen LogP contribution in [-0.4, -0.2) is 10.5 Å². The number of amides is 1. The van der Waals surface area contributed by atoms with Crippen molar-refractivity contribution in [2.75, 3.05) is 0 Å². The first-order chi connectivity index (χ1) is 8.61. The number of hydrogen-bond donors (Lipinski definition) is 2. The molecule has 0 spiro atoms. The van der Waals surface area contributed by atoms with E-state index >= 15 is 0 Å². The zero-order valence-electron chi connectivity index (χ0n) is 9.22. The van der Waals surface area contributed by atoms with Gasteiger partial charge in [0, 0.05) is 16.7 Å². The first kappa shape index (κ1) is 13.0. The lowest BCUT2D eigenvalue weighted by Gasteiger charge is -2.06. The van der Waals surface area contributed by atoms with Gasteiger partial charge in [0.1, 0.15) is 0 Å². The summed E-state index contributed by atoms with van der Waals surface area (Å²) in [7, 11) is 0. The summed E-state index contributed by atoms with van der Waals surface area (Å²) in [5.74, 6) is 4.77. The van der Waals surface area contributed by atoms with Crippen molar-refractivity contribution in [1.82, 2.24) is 9.99 Å². The van der Waals surface area contributed by atoms with Crippen LogP contribution in [0.3, 0.4) is 0 Å². The van der Waals surface area contributed by atoms with Crippen LogP contribution in [0.2, 0.25) is 0 Å². The maximum Gasteiger partial charge on any atom is 0.275 e. The lowest BCUT2D eigenvalue weighted by Crippen LogP contribution is -2.30. The van der Waals surface area contributed by atoms with Crippen LogP contribution in [0.4, 0.5) is 0 Å². The minimum atomic E-state index is -0.344. The first-order valence-electron chi connectivity index (χ1n) is 5.05. The van der Waals surface area contributed by atoms with Gasteiger partial charge in [-0.15, -0.1) is 11.3 Å². The molecule has 0 fully saturated rings. The summed E-state index contributed by atoms with van der Waals surface area (Å²) < 4.78 is 2.33. The Bertz CT molecular complexity index is 635. The topological polar surface area (TPSA) is 77.1 Å². The highest BCUT2D eigenvalue weighted by Crippen LogP contribution is 2.17. The molecule has 0 aromatic carbocycles. The molecule has 0 unspecified atom stereocenters. The lowest BCUT2D eigenvalue weighted by molar-refractivity contribution is 0.0957. The zero-order chi connectivity index (χ0) is 13.1. The van der Waals surface area contributed by atoms with Crippen molar-refractivity contribution >= 4 is 33.2 Å². The Morgan fingerprint density at radius 3 is 2.94 bits per heavy atom. The van der Waals surface area contributed by atoms with Crippen LogP contribution in [-0.2, 0) is 6.54 Å². The lowest BCUT2D eigenvalue weighted by atomic mass is 10.2. The van der Waals surface area contributed by atoms with Gasteiger partial charge in [-0.3, -0.25) is 15.0 Å². The van der Waals surface area contributed by atoms with Crippen LogP contribution >= 0.6 is 27.3 Å². The number of carbonyl (C=O) groups excluding carboxylic acids is 1. The smallest absolute Gasteiger partial charge is 0.275 e. The van der Waals surface area contributed by atoms with E-state index in [1.165, 1.54) is 22.0 Å². The largest absolute Gasteiger partial charge is 0.310 e. The number of nitrogens with two attached hydrogens (primary N) is 1. The number of nitrogens with zero attached hydrogens (tertiary/aromatic N) is 1. The molecular weight excluding hydrogens is 318 g/mol. The number of rotatable bonds is 3. The third-order valence-corrected chi connectivity index (χ3v) is 3.80. The summed E-state index contributed by atoms with van der Waals surface area (Å²) in [5.41, 5.74) is 2.74. The average molecular weight is 328 g/mol. The van der Waals surface area contributed by atoms with Gasteiger partial charge in [-0.2, -0.15) is 0 Å². The normalized spacial score (nSPS) is 10.3. The molecule has 18 heavy (non-hydrogen) atoms. The number of halogens is 1. The third kappa shape index (κ3) is 2.69. The number of pyridine rings is 1. The number of hydrazine groups is 1. The van der Waals surface area contributed by atoms with Crippen molar-refractivity contribution < 1.29 is 4.79 Å². The maximum atomic E-state index is 11.7. The van der Waals surface area contributed by atoms with Crippen molar-refractivity contribution in [1.29, 1.82) is 0 Å². The monoisotopic (exact) mass is 327 g/mol. The summed E-state index contributed by atoms with van der Waals surface area (Å²) >= 11 is 4.60. The Kier molecular flexibility index (Phi) is 3.95. The number of aromatic nitrogens is 1. The van der Waals surface area contributed by atoms with Crippen molar-refractivity contribution in [2.24, 2.45) is 5.84 Å².